The van der Waals surface area contributed by atoms with Crippen LogP contribution in [0.1, 0.15) is 68.9 Å². The van der Waals surface area contributed by atoms with Crippen molar-refractivity contribution in [2.24, 2.45) is 5.92 Å². The number of benzene rings is 1. The molecule has 23 heavy (non-hydrogen) atoms. The van der Waals surface area contributed by atoms with E-state index in [2.05, 4.69) is 49.9 Å². The number of hydrogen-bond acceptors (Lipinski definition) is 1. The van der Waals surface area contributed by atoms with Crippen molar-refractivity contribution in [3.63, 3.8) is 0 Å². The molecule has 0 radical (unpaired) electrons. The molecule has 1 aromatic carbocycles. The van der Waals surface area contributed by atoms with E-state index in [1.807, 2.05) is 6.08 Å². The van der Waals surface area contributed by atoms with Gasteiger partial charge >= 0.3 is 0 Å². The van der Waals surface area contributed by atoms with E-state index in [9.17, 15) is 0 Å². The van der Waals surface area contributed by atoms with Gasteiger partial charge in [-0.2, -0.15) is 0 Å². The second kappa shape index (κ2) is 10.4. The predicted octanol–water partition coefficient (Wildman–Crippen LogP) is 6.41. The van der Waals surface area contributed by atoms with Gasteiger partial charge in [-0.3, -0.25) is 0 Å². The molecule has 126 valence electrons. The molecular formula is C22H32O. The van der Waals surface area contributed by atoms with Crippen molar-refractivity contribution in [3.8, 4) is 0 Å². The van der Waals surface area contributed by atoms with Crippen molar-refractivity contribution in [1.82, 2.24) is 0 Å². The molecule has 0 spiro atoms. The maximum atomic E-state index is 5.70. The van der Waals surface area contributed by atoms with Crippen LogP contribution in [0.4, 0.5) is 0 Å². The summed E-state index contributed by atoms with van der Waals surface area (Å²) in [7, 11) is 0. The van der Waals surface area contributed by atoms with Crippen molar-refractivity contribution in [1.29, 1.82) is 0 Å². The Hall–Kier alpha value is -1.34. The maximum Gasteiger partial charge on any atom is 0.0716 e. The van der Waals surface area contributed by atoms with Gasteiger partial charge in [0.15, 0.2) is 0 Å². The molecule has 1 heteroatoms. The normalized spacial score (nSPS) is 21.6. The Balaban J connectivity index is 1.74. The fraction of sp³-hybridized carbons (Fsp3) is 0.545. The van der Waals surface area contributed by atoms with Crippen LogP contribution in [-0.2, 0) is 11.3 Å². The fourth-order valence-electron chi connectivity index (χ4n) is 3.38. The minimum atomic E-state index is 0.728. The third-order valence-corrected chi connectivity index (χ3v) is 4.83. The first-order valence-electron chi connectivity index (χ1n) is 9.27. The SMILES string of the molecule is C=CCCCOCc1ccc(C2CCC(/C=C/CC)CC2)cc1. The van der Waals surface area contributed by atoms with Crippen LogP contribution >= 0.6 is 0 Å². The lowest BCUT2D eigenvalue weighted by Crippen LogP contribution is -2.11. The Morgan fingerprint density at radius 2 is 1.87 bits per heavy atom. The van der Waals surface area contributed by atoms with Crippen LogP contribution in [0.25, 0.3) is 0 Å². The molecule has 1 aliphatic carbocycles. The van der Waals surface area contributed by atoms with E-state index in [4.69, 9.17) is 4.74 Å². The smallest absolute Gasteiger partial charge is 0.0716 e. The van der Waals surface area contributed by atoms with Crippen molar-refractivity contribution in [2.45, 2.75) is 64.4 Å². The molecule has 0 saturated heterocycles. The van der Waals surface area contributed by atoms with Crippen molar-refractivity contribution < 1.29 is 4.74 Å². The van der Waals surface area contributed by atoms with Crippen LogP contribution in [0.2, 0.25) is 0 Å². The average molecular weight is 312 g/mol. The maximum absolute atomic E-state index is 5.70. The van der Waals surface area contributed by atoms with Crippen LogP contribution in [0.15, 0.2) is 49.1 Å². The number of rotatable bonds is 9. The third kappa shape index (κ3) is 6.35. The minimum Gasteiger partial charge on any atom is -0.377 e. The van der Waals surface area contributed by atoms with Gasteiger partial charge in [0.25, 0.3) is 0 Å². The lowest BCUT2D eigenvalue weighted by molar-refractivity contribution is 0.119. The van der Waals surface area contributed by atoms with Gasteiger partial charge in [0.05, 0.1) is 6.61 Å². The Morgan fingerprint density at radius 1 is 1.13 bits per heavy atom. The van der Waals surface area contributed by atoms with E-state index < -0.39 is 0 Å². The molecule has 1 fully saturated rings. The van der Waals surface area contributed by atoms with Crippen molar-refractivity contribution in [2.75, 3.05) is 6.61 Å². The van der Waals surface area contributed by atoms with Crippen LogP contribution in [-0.4, -0.2) is 6.61 Å². The molecule has 1 saturated carbocycles. The first kappa shape index (κ1) is 18.0. The van der Waals surface area contributed by atoms with E-state index in [-0.39, 0.29) is 0 Å². The van der Waals surface area contributed by atoms with Gasteiger partial charge in [0, 0.05) is 6.61 Å². The van der Waals surface area contributed by atoms with E-state index in [1.165, 1.54) is 36.8 Å². The van der Waals surface area contributed by atoms with Gasteiger partial charge in [-0.15, -0.1) is 6.58 Å². The monoisotopic (exact) mass is 312 g/mol. The molecule has 0 aromatic heterocycles. The molecule has 0 heterocycles. The molecule has 1 aliphatic rings. The highest BCUT2D eigenvalue weighted by Crippen LogP contribution is 2.36. The number of unbranched alkanes of at least 4 members (excludes halogenated alkanes) is 1. The van der Waals surface area contributed by atoms with E-state index in [0.29, 0.717) is 0 Å². The highest BCUT2D eigenvalue weighted by atomic mass is 16.5. The standard InChI is InChI=1S/C22H32O/c1-3-5-7-17-23-18-20-11-15-22(16-12-20)21-13-9-19(10-14-21)8-6-4-2/h3,6,8,11-12,15-16,19,21H,1,4-5,7,9-10,13-14,17-18H2,2H3/b8-6+. The summed E-state index contributed by atoms with van der Waals surface area (Å²) in [6.07, 6.45) is 15.3. The molecule has 2 rings (SSSR count). The summed E-state index contributed by atoms with van der Waals surface area (Å²) in [5, 5.41) is 0. The van der Waals surface area contributed by atoms with Gasteiger partial charge in [0.1, 0.15) is 0 Å². The van der Waals surface area contributed by atoms with Crippen LogP contribution in [0.3, 0.4) is 0 Å². The van der Waals surface area contributed by atoms with Gasteiger partial charge in [-0.05, 0) is 67.9 Å². The summed E-state index contributed by atoms with van der Waals surface area (Å²) in [4.78, 5) is 0. The summed E-state index contributed by atoms with van der Waals surface area (Å²) in [5.41, 5.74) is 2.80. The number of hydrogen-bond donors (Lipinski definition) is 0. The zero-order valence-corrected chi connectivity index (χ0v) is 14.7. The van der Waals surface area contributed by atoms with Gasteiger partial charge in [0.2, 0.25) is 0 Å². The Bertz CT molecular complexity index is 463. The Morgan fingerprint density at radius 3 is 2.52 bits per heavy atom. The van der Waals surface area contributed by atoms with Crippen molar-refractivity contribution in [3.05, 3.63) is 60.2 Å². The first-order chi connectivity index (χ1) is 11.3. The molecule has 0 N–H and O–H groups in total. The van der Waals surface area contributed by atoms with Gasteiger partial charge in [-0.25, -0.2) is 0 Å². The van der Waals surface area contributed by atoms with Crippen molar-refractivity contribution >= 4 is 0 Å². The molecule has 0 amide bonds. The number of allylic oxidation sites excluding steroid dienone is 3. The summed E-state index contributed by atoms with van der Waals surface area (Å²) in [5.74, 6) is 1.57. The lowest BCUT2D eigenvalue weighted by Gasteiger charge is -2.27. The quantitative estimate of drug-likeness (QED) is 0.378. The molecule has 1 aromatic rings. The van der Waals surface area contributed by atoms with Crippen LogP contribution < -0.4 is 0 Å². The summed E-state index contributed by atoms with van der Waals surface area (Å²) in [6.45, 7) is 7.50. The molecule has 0 bridgehead atoms. The fourth-order valence-corrected chi connectivity index (χ4v) is 3.38. The van der Waals surface area contributed by atoms with E-state index >= 15 is 0 Å². The van der Waals surface area contributed by atoms with Crippen LogP contribution in [0.5, 0.6) is 0 Å². The second-order valence-corrected chi connectivity index (χ2v) is 6.67. The van der Waals surface area contributed by atoms with Gasteiger partial charge < -0.3 is 4.74 Å². The average Bonchev–Trinajstić information content (AvgIpc) is 2.61. The zero-order chi connectivity index (χ0) is 16.3. The minimum absolute atomic E-state index is 0.728. The molecule has 0 atom stereocenters. The first-order valence-corrected chi connectivity index (χ1v) is 9.27. The lowest BCUT2D eigenvalue weighted by atomic mass is 9.78. The summed E-state index contributed by atoms with van der Waals surface area (Å²) < 4.78 is 5.70. The topological polar surface area (TPSA) is 9.23 Å². The molecular weight excluding hydrogens is 280 g/mol. The molecule has 1 nitrogen and oxygen atoms in total. The third-order valence-electron chi connectivity index (χ3n) is 4.83. The second-order valence-electron chi connectivity index (χ2n) is 6.67. The predicted molar refractivity (Wildman–Crippen MR) is 99.7 cm³/mol. The Kier molecular flexibility index (Phi) is 8.17. The highest BCUT2D eigenvalue weighted by Gasteiger charge is 2.20. The molecule has 0 aliphatic heterocycles. The van der Waals surface area contributed by atoms with E-state index in [0.717, 1.165) is 44.3 Å². The largest absolute Gasteiger partial charge is 0.377 e. The summed E-state index contributed by atoms with van der Waals surface area (Å²) >= 11 is 0. The molecule has 0 unspecified atom stereocenters. The Labute approximate surface area is 142 Å². The van der Waals surface area contributed by atoms with Gasteiger partial charge in [-0.1, -0.05) is 49.4 Å². The van der Waals surface area contributed by atoms with Crippen LogP contribution in [0, 0.1) is 5.92 Å². The van der Waals surface area contributed by atoms with E-state index in [1.54, 1.807) is 0 Å². The zero-order valence-electron chi connectivity index (χ0n) is 14.7. The number of ether oxygens (including phenoxy) is 1. The summed E-state index contributed by atoms with van der Waals surface area (Å²) in [6, 6.07) is 9.11. The highest BCUT2D eigenvalue weighted by molar-refractivity contribution is 5.25.